The molecular formula is C12H17FN2O. The van der Waals surface area contributed by atoms with E-state index in [0.29, 0.717) is 12.1 Å². The minimum atomic E-state index is -0.574. The minimum Gasteiger partial charge on any atom is -0.341 e. The van der Waals surface area contributed by atoms with E-state index in [0.717, 1.165) is 0 Å². The van der Waals surface area contributed by atoms with Crippen molar-refractivity contribution >= 4 is 5.91 Å². The minimum absolute atomic E-state index is 0.0396. The van der Waals surface area contributed by atoms with Gasteiger partial charge in [0, 0.05) is 19.8 Å². The van der Waals surface area contributed by atoms with Crippen LogP contribution in [-0.4, -0.2) is 29.4 Å². The maximum absolute atomic E-state index is 12.6. The Morgan fingerprint density at radius 3 is 2.50 bits per heavy atom. The second-order valence-electron chi connectivity index (χ2n) is 5.09. The normalized spacial score (nSPS) is 11.3. The fourth-order valence-electron chi connectivity index (χ4n) is 1.51. The number of carbonyl (C=O) groups excluding carboxylic acids is 1. The van der Waals surface area contributed by atoms with Crippen LogP contribution in [0.2, 0.25) is 0 Å². The van der Waals surface area contributed by atoms with Crippen molar-refractivity contribution < 1.29 is 9.18 Å². The summed E-state index contributed by atoms with van der Waals surface area (Å²) >= 11 is 0. The number of aromatic nitrogens is 1. The molecule has 0 saturated carbocycles. The van der Waals surface area contributed by atoms with E-state index in [9.17, 15) is 9.18 Å². The van der Waals surface area contributed by atoms with Crippen LogP contribution >= 0.6 is 0 Å². The van der Waals surface area contributed by atoms with Crippen LogP contribution in [0.3, 0.4) is 0 Å². The van der Waals surface area contributed by atoms with Crippen LogP contribution in [-0.2, 0) is 0 Å². The molecule has 0 aliphatic rings. The quantitative estimate of drug-likeness (QED) is 0.722. The van der Waals surface area contributed by atoms with Crippen molar-refractivity contribution in [3.63, 3.8) is 0 Å². The highest BCUT2D eigenvalue weighted by atomic mass is 19.1. The van der Waals surface area contributed by atoms with Crippen molar-refractivity contribution in [3.05, 3.63) is 29.8 Å². The molecule has 16 heavy (non-hydrogen) atoms. The number of halogens is 1. The van der Waals surface area contributed by atoms with Gasteiger partial charge in [-0.15, -0.1) is 0 Å². The molecule has 88 valence electrons. The maximum Gasteiger partial charge on any atom is 0.255 e. The predicted octanol–water partition coefficient (Wildman–Crippen LogP) is 2.34. The van der Waals surface area contributed by atoms with Crippen molar-refractivity contribution in [1.82, 2.24) is 9.88 Å². The fraction of sp³-hybridized carbons (Fsp3) is 0.500. The summed E-state index contributed by atoms with van der Waals surface area (Å²) in [5.41, 5.74) is 0.450. The van der Waals surface area contributed by atoms with Gasteiger partial charge in [0.05, 0.1) is 5.56 Å². The van der Waals surface area contributed by atoms with Gasteiger partial charge in [-0.3, -0.25) is 4.79 Å². The predicted molar refractivity (Wildman–Crippen MR) is 60.6 cm³/mol. The van der Waals surface area contributed by atoms with Gasteiger partial charge in [-0.1, -0.05) is 20.8 Å². The third kappa shape index (κ3) is 3.61. The molecule has 0 radical (unpaired) electrons. The van der Waals surface area contributed by atoms with Gasteiger partial charge >= 0.3 is 0 Å². The molecule has 0 saturated heterocycles. The monoisotopic (exact) mass is 224 g/mol. The van der Waals surface area contributed by atoms with Crippen LogP contribution in [0.5, 0.6) is 0 Å². The van der Waals surface area contributed by atoms with Crippen molar-refractivity contribution in [1.29, 1.82) is 0 Å². The number of nitrogens with zero attached hydrogens (tertiary/aromatic N) is 2. The van der Waals surface area contributed by atoms with E-state index in [4.69, 9.17) is 0 Å². The van der Waals surface area contributed by atoms with Crippen LogP contribution in [0.15, 0.2) is 18.3 Å². The Bertz CT molecular complexity index is 368. The van der Waals surface area contributed by atoms with Crippen molar-refractivity contribution in [3.8, 4) is 0 Å². The van der Waals surface area contributed by atoms with Crippen LogP contribution in [0.1, 0.15) is 31.1 Å². The molecule has 1 heterocycles. The van der Waals surface area contributed by atoms with E-state index in [1.54, 1.807) is 11.9 Å². The molecule has 0 aliphatic carbocycles. The molecule has 0 spiro atoms. The summed E-state index contributed by atoms with van der Waals surface area (Å²) in [5, 5.41) is 0. The highest BCUT2D eigenvalue weighted by molar-refractivity contribution is 5.93. The molecule has 0 aliphatic heterocycles. The SMILES string of the molecule is CN(CC(C)(C)C)C(=O)c1ccc(F)nc1. The van der Waals surface area contributed by atoms with Crippen molar-refractivity contribution in [2.24, 2.45) is 5.41 Å². The van der Waals surface area contributed by atoms with Crippen molar-refractivity contribution in [2.75, 3.05) is 13.6 Å². The first-order valence-corrected chi connectivity index (χ1v) is 5.16. The summed E-state index contributed by atoms with van der Waals surface area (Å²) in [5.74, 6) is -0.711. The zero-order chi connectivity index (χ0) is 12.3. The topological polar surface area (TPSA) is 33.2 Å². The number of hydrogen-bond acceptors (Lipinski definition) is 2. The Morgan fingerprint density at radius 2 is 2.06 bits per heavy atom. The summed E-state index contributed by atoms with van der Waals surface area (Å²) in [4.78, 5) is 17.0. The number of rotatable bonds is 2. The van der Waals surface area contributed by atoms with E-state index in [1.165, 1.54) is 18.3 Å². The second kappa shape index (κ2) is 4.60. The Balaban J connectivity index is 2.74. The lowest BCUT2D eigenvalue weighted by atomic mass is 9.96. The molecule has 3 nitrogen and oxygen atoms in total. The van der Waals surface area contributed by atoms with E-state index in [2.05, 4.69) is 25.8 Å². The molecule has 0 fully saturated rings. The first-order chi connectivity index (χ1) is 7.29. The van der Waals surface area contributed by atoms with Crippen LogP contribution in [0.25, 0.3) is 0 Å². The van der Waals surface area contributed by atoms with E-state index in [-0.39, 0.29) is 11.3 Å². The van der Waals surface area contributed by atoms with Crippen LogP contribution in [0.4, 0.5) is 4.39 Å². The van der Waals surface area contributed by atoms with E-state index < -0.39 is 5.95 Å². The van der Waals surface area contributed by atoms with Gasteiger partial charge in [0.2, 0.25) is 5.95 Å². The molecule has 0 atom stereocenters. The molecule has 1 amide bonds. The van der Waals surface area contributed by atoms with Crippen molar-refractivity contribution in [2.45, 2.75) is 20.8 Å². The van der Waals surface area contributed by atoms with Gasteiger partial charge in [0.15, 0.2) is 0 Å². The second-order valence-corrected chi connectivity index (χ2v) is 5.09. The molecule has 4 heteroatoms. The molecule has 0 bridgehead atoms. The van der Waals surface area contributed by atoms with E-state index in [1.807, 2.05) is 0 Å². The Hall–Kier alpha value is -1.45. The van der Waals surface area contributed by atoms with Gasteiger partial charge < -0.3 is 4.90 Å². The zero-order valence-electron chi connectivity index (χ0n) is 10.1. The smallest absolute Gasteiger partial charge is 0.255 e. The lowest BCUT2D eigenvalue weighted by Gasteiger charge is -2.26. The number of pyridine rings is 1. The Kier molecular flexibility index (Phi) is 3.62. The Labute approximate surface area is 95.3 Å². The summed E-state index contributed by atoms with van der Waals surface area (Å²) in [6.45, 7) is 6.81. The largest absolute Gasteiger partial charge is 0.341 e. The first-order valence-electron chi connectivity index (χ1n) is 5.16. The number of carbonyl (C=O) groups is 1. The van der Waals surface area contributed by atoms with Gasteiger partial charge in [-0.2, -0.15) is 4.39 Å². The van der Waals surface area contributed by atoms with Crippen LogP contribution in [0, 0.1) is 11.4 Å². The highest BCUT2D eigenvalue weighted by Crippen LogP contribution is 2.15. The molecular weight excluding hydrogens is 207 g/mol. The van der Waals surface area contributed by atoms with E-state index >= 15 is 0 Å². The Morgan fingerprint density at radius 1 is 1.44 bits per heavy atom. The van der Waals surface area contributed by atoms with Crippen LogP contribution < -0.4 is 0 Å². The van der Waals surface area contributed by atoms with Gasteiger partial charge in [-0.25, -0.2) is 4.98 Å². The third-order valence-corrected chi connectivity index (χ3v) is 2.03. The molecule has 0 aromatic carbocycles. The number of amides is 1. The summed E-state index contributed by atoms with van der Waals surface area (Å²) in [6.07, 6.45) is 1.26. The summed E-state index contributed by atoms with van der Waals surface area (Å²) < 4.78 is 12.6. The lowest BCUT2D eigenvalue weighted by Crippen LogP contribution is -2.34. The van der Waals surface area contributed by atoms with Gasteiger partial charge in [0.1, 0.15) is 0 Å². The molecule has 1 aromatic rings. The van der Waals surface area contributed by atoms with Gasteiger partial charge in [0.25, 0.3) is 5.91 Å². The molecule has 0 unspecified atom stereocenters. The average Bonchev–Trinajstić information content (AvgIpc) is 2.15. The standard InChI is InChI=1S/C12H17FN2O/c1-12(2,3)8-15(4)11(16)9-5-6-10(13)14-7-9/h5-7H,8H2,1-4H3. The number of hydrogen-bond donors (Lipinski definition) is 0. The maximum atomic E-state index is 12.6. The first kappa shape index (κ1) is 12.6. The summed E-state index contributed by atoms with van der Waals surface area (Å²) in [6, 6.07) is 2.64. The fourth-order valence-corrected chi connectivity index (χ4v) is 1.51. The highest BCUT2D eigenvalue weighted by Gasteiger charge is 2.18. The zero-order valence-corrected chi connectivity index (χ0v) is 10.1. The summed E-state index contributed by atoms with van der Waals surface area (Å²) in [7, 11) is 1.73. The molecule has 1 rings (SSSR count). The average molecular weight is 224 g/mol. The lowest BCUT2D eigenvalue weighted by molar-refractivity contribution is 0.0745. The molecule has 1 aromatic heterocycles. The van der Waals surface area contributed by atoms with Gasteiger partial charge in [-0.05, 0) is 17.5 Å². The third-order valence-electron chi connectivity index (χ3n) is 2.03. The molecule has 0 N–H and O–H groups in total.